The zero-order chi connectivity index (χ0) is 22.3. The molecule has 0 aliphatic carbocycles. The predicted octanol–water partition coefficient (Wildman–Crippen LogP) is 4.41. The number of nitrogen functional groups attached to an aromatic ring is 1. The second-order valence-electron chi connectivity index (χ2n) is 7.43. The fourth-order valence-electron chi connectivity index (χ4n) is 3.33. The van der Waals surface area contributed by atoms with E-state index >= 15 is 0 Å². The van der Waals surface area contributed by atoms with Gasteiger partial charge in [0.25, 0.3) is 0 Å². The number of nitrogens with two attached hydrogens (primary N) is 1. The number of anilines is 2. The minimum atomic E-state index is -0.105. The van der Waals surface area contributed by atoms with Crippen LogP contribution < -0.4 is 15.8 Å². The topological polar surface area (TPSA) is 95.1 Å². The lowest BCUT2D eigenvalue weighted by molar-refractivity contribution is -0.116. The van der Waals surface area contributed by atoms with E-state index in [0.717, 1.165) is 35.5 Å². The van der Waals surface area contributed by atoms with Gasteiger partial charge in [0.1, 0.15) is 5.75 Å². The van der Waals surface area contributed by atoms with Crippen LogP contribution in [0.3, 0.4) is 0 Å². The Labute approximate surface area is 190 Å². The van der Waals surface area contributed by atoms with E-state index in [1.54, 1.807) is 23.1 Å². The molecular formula is C24H25N5O2S. The average Bonchev–Trinajstić information content (AvgIpc) is 3.51. The van der Waals surface area contributed by atoms with Crippen molar-refractivity contribution in [3.63, 3.8) is 0 Å². The fourth-order valence-corrected chi connectivity index (χ4v) is 3.99. The summed E-state index contributed by atoms with van der Waals surface area (Å²) in [5.74, 6) is 0.738. The van der Waals surface area contributed by atoms with Crippen LogP contribution in [0, 0.1) is 0 Å². The minimum absolute atomic E-state index is 0.105. The van der Waals surface area contributed by atoms with Crippen LogP contribution >= 0.6 is 11.3 Å². The molecule has 4 aromatic rings. The largest absolute Gasteiger partial charge is 0.497 e. The number of benzene rings is 2. The van der Waals surface area contributed by atoms with Gasteiger partial charge in [-0.25, -0.2) is 0 Å². The molecule has 0 aliphatic heterocycles. The molecular weight excluding hydrogens is 422 g/mol. The van der Waals surface area contributed by atoms with Crippen molar-refractivity contribution in [1.29, 1.82) is 0 Å². The van der Waals surface area contributed by atoms with Gasteiger partial charge in [-0.3, -0.25) is 9.48 Å². The summed E-state index contributed by atoms with van der Waals surface area (Å²) in [5, 5.41) is 15.4. The van der Waals surface area contributed by atoms with Gasteiger partial charge >= 0.3 is 0 Å². The Hall–Kier alpha value is -3.65. The lowest BCUT2D eigenvalue weighted by atomic mass is 10.1. The van der Waals surface area contributed by atoms with Gasteiger partial charge in [-0.2, -0.15) is 11.3 Å². The summed E-state index contributed by atoms with van der Waals surface area (Å²) >= 11 is 1.63. The van der Waals surface area contributed by atoms with E-state index in [1.165, 1.54) is 5.56 Å². The molecule has 4 rings (SSSR count). The molecule has 0 saturated heterocycles. The van der Waals surface area contributed by atoms with Crippen molar-refractivity contribution in [2.24, 2.45) is 0 Å². The standard InChI is InChI=1S/C24H25N5O2S/c1-31-21-6-2-17(3-7-21)10-12-29-15-20(27-28-29)5-9-24(30)26-23-14-18(4-8-22(23)25)19-11-13-32-16-19/h2-4,6-8,11,13-16H,5,9-10,12,25H2,1H3,(H,26,30). The second-order valence-corrected chi connectivity index (χ2v) is 8.21. The highest BCUT2D eigenvalue weighted by Crippen LogP contribution is 2.28. The summed E-state index contributed by atoms with van der Waals surface area (Å²) in [7, 11) is 1.66. The molecule has 32 heavy (non-hydrogen) atoms. The Morgan fingerprint density at radius 1 is 1.12 bits per heavy atom. The number of thiophene rings is 1. The maximum Gasteiger partial charge on any atom is 0.224 e. The first-order valence-electron chi connectivity index (χ1n) is 10.3. The predicted molar refractivity (Wildman–Crippen MR) is 128 cm³/mol. The molecule has 8 heteroatoms. The minimum Gasteiger partial charge on any atom is -0.497 e. The third-order valence-corrected chi connectivity index (χ3v) is 5.85. The Balaban J connectivity index is 1.28. The SMILES string of the molecule is COc1ccc(CCn2cc(CCC(=O)Nc3cc(-c4ccsc4)ccc3N)nn2)cc1. The van der Waals surface area contributed by atoms with E-state index in [-0.39, 0.29) is 5.91 Å². The zero-order valence-electron chi connectivity index (χ0n) is 17.8. The number of hydrogen-bond donors (Lipinski definition) is 2. The van der Waals surface area contributed by atoms with Gasteiger partial charge in [-0.1, -0.05) is 23.4 Å². The van der Waals surface area contributed by atoms with E-state index in [1.807, 2.05) is 60.1 Å². The summed E-state index contributed by atoms with van der Waals surface area (Å²) < 4.78 is 6.99. The van der Waals surface area contributed by atoms with Crippen molar-refractivity contribution in [2.45, 2.75) is 25.8 Å². The Morgan fingerprint density at radius 2 is 1.97 bits per heavy atom. The number of amides is 1. The van der Waals surface area contributed by atoms with Crippen LogP contribution in [-0.2, 0) is 24.2 Å². The van der Waals surface area contributed by atoms with E-state index in [2.05, 4.69) is 21.0 Å². The molecule has 2 aromatic carbocycles. The maximum atomic E-state index is 12.5. The molecule has 0 atom stereocenters. The lowest BCUT2D eigenvalue weighted by Gasteiger charge is -2.10. The zero-order valence-corrected chi connectivity index (χ0v) is 18.6. The van der Waals surface area contributed by atoms with Crippen molar-refractivity contribution in [1.82, 2.24) is 15.0 Å². The first-order chi connectivity index (χ1) is 15.6. The quantitative estimate of drug-likeness (QED) is 0.371. The molecule has 0 saturated carbocycles. The van der Waals surface area contributed by atoms with Crippen LogP contribution in [-0.4, -0.2) is 28.0 Å². The number of hydrogen-bond acceptors (Lipinski definition) is 6. The van der Waals surface area contributed by atoms with Crippen LogP contribution in [0.1, 0.15) is 17.7 Å². The number of rotatable bonds is 9. The first kappa shape index (κ1) is 21.6. The molecule has 0 aliphatic rings. The highest BCUT2D eigenvalue weighted by Gasteiger charge is 2.10. The Bertz CT molecular complexity index is 1170. The fraction of sp³-hybridized carbons (Fsp3) is 0.208. The Morgan fingerprint density at radius 3 is 2.72 bits per heavy atom. The molecule has 2 aromatic heterocycles. The van der Waals surface area contributed by atoms with Crippen LogP contribution in [0.4, 0.5) is 11.4 Å². The van der Waals surface area contributed by atoms with Gasteiger partial charge in [0, 0.05) is 25.6 Å². The van der Waals surface area contributed by atoms with Crippen molar-refractivity contribution in [3.8, 4) is 16.9 Å². The average molecular weight is 448 g/mol. The molecule has 0 spiro atoms. The maximum absolute atomic E-state index is 12.5. The summed E-state index contributed by atoms with van der Waals surface area (Å²) in [6.45, 7) is 0.720. The van der Waals surface area contributed by atoms with Gasteiger partial charge in [0.05, 0.1) is 24.2 Å². The van der Waals surface area contributed by atoms with E-state index < -0.39 is 0 Å². The molecule has 0 unspecified atom stereocenters. The van der Waals surface area contributed by atoms with Gasteiger partial charge in [0.2, 0.25) is 5.91 Å². The highest BCUT2D eigenvalue weighted by molar-refractivity contribution is 7.08. The summed E-state index contributed by atoms with van der Waals surface area (Å²) in [4.78, 5) is 12.5. The number of aromatic nitrogens is 3. The summed E-state index contributed by atoms with van der Waals surface area (Å²) in [5.41, 5.74) is 11.3. The van der Waals surface area contributed by atoms with Gasteiger partial charge in [-0.05, 0) is 64.2 Å². The van der Waals surface area contributed by atoms with Crippen molar-refractivity contribution in [3.05, 3.63) is 76.7 Å². The number of methoxy groups -OCH3 is 1. The second kappa shape index (κ2) is 10.1. The van der Waals surface area contributed by atoms with Gasteiger partial charge in [0.15, 0.2) is 0 Å². The Kier molecular flexibility index (Phi) is 6.81. The smallest absolute Gasteiger partial charge is 0.224 e. The van der Waals surface area contributed by atoms with Crippen LogP contribution in [0.2, 0.25) is 0 Å². The number of carbonyl (C=O) groups excluding carboxylic acids is 1. The number of nitrogens with zero attached hydrogens (tertiary/aromatic N) is 3. The summed E-state index contributed by atoms with van der Waals surface area (Å²) in [6, 6.07) is 15.7. The number of nitrogens with one attached hydrogen (secondary N) is 1. The molecule has 0 radical (unpaired) electrons. The number of ether oxygens (including phenoxy) is 1. The van der Waals surface area contributed by atoms with Crippen LogP contribution in [0.15, 0.2) is 65.5 Å². The third-order valence-electron chi connectivity index (χ3n) is 5.16. The van der Waals surface area contributed by atoms with Gasteiger partial charge < -0.3 is 15.8 Å². The van der Waals surface area contributed by atoms with Crippen molar-refractivity contribution >= 4 is 28.6 Å². The number of aryl methyl sites for hydroxylation is 3. The van der Waals surface area contributed by atoms with E-state index in [0.29, 0.717) is 24.2 Å². The van der Waals surface area contributed by atoms with Crippen LogP contribution in [0.25, 0.3) is 11.1 Å². The van der Waals surface area contributed by atoms with E-state index in [9.17, 15) is 4.79 Å². The molecule has 0 fully saturated rings. The monoisotopic (exact) mass is 447 g/mol. The molecule has 1 amide bonds. The molecule has 0 bridgehead atoms. The molecule has 3 N–H and O–H groups in total. The normalized spacial score (nSPS) is 10.8. The molecule has 164 valence electrons. The first-order valence-corrected chi connectivity index (χ1v) is 11.3. The van der Waals surface area contributed by atoms with Crippen molar-refractivity contribution < 1.29 is 9.53 Å². The lowest BCUT2D eigenvalue weighted by Crippen LogP contribution is -2.13. The highest BCUT2D eigenvalue weighted by atomic mass is 32.1. The van der Waals surface area contributed by atoms with Crippen molar-refractivity contribution in [2.75, 3.05) is 18.2 Å². The molecule has 2 heterocycles. The van der Waals surface area contributed by atoms with Crippen LogP contribution in [0.5, 0.6) is 5.75 Å². The van der Waals surface area contributed by atoms with E-state index in [4.69, 9.17) is 10.5 Å². The van der Waals surface area contributed by atoms with Gasteiger partial charge in [-0.15, -0.1) is 5.10 Å². The summed E-state index contributed by atoms with van der Waals surface area (Å²) in [6.07, 6.45) is 3.55. The number of carbonyl (C=O) groups is 1. The third kappa shape index (κ3) is 5.53. The molecule has 7 nitrogen and oxygen atoms in total.